The Hall–Kier alpha value is -2.98. The fourth-order valence-corrected chi connectivity index (χ4v) is 15.0. The SMILES string of the molecule is Cc1ccc([C@H]2C(S(=O)(=O)c3ccccc3)[C@@H]2S(=O)(=O)[C@@H]2C(S(=O)(=O)c3ccccc3)[C@H]2c2ccccc2Cl)cc1. The zero-order chi connectivity index (χ0) is 29.2. The van der Waals surface area contributed by atoms with Crippen LogP contribution in [0.15, 0.2) is 119 Å². The minimum absolute atomic E-state index is 0.0130. The Bertz CT molecular complexity index is 1930. The maximum Gasteiger partial charge on any atom is 0.183 e. The van der Waals surface area contributed by atoms with Crippen LogP contribution >= 0.6 is 11.6 Å². The molecule has 2 aliphatic carbocycles. The lowest BCUT2D eigenvalue weighted by molar-refractivity contribution is 0.583. The van der Waals surface area contributed by atoms with Crippen molar-refractivity contribution >= 4 is 41.1 Å². The molecule has 6 rings (SSSR count). The van der Waals surface area contributed by atoms with Gasteiger partial charge in [0.15, 0.2) is 29.5 Å². The van der Waals surface area contributed by atoms with Crippen LogP contribution in [0, 0.1) is 6.92 Å². The Morgan fingerprint density at radius 2 is 0.951 bits per heavy atom. The van der Waals surface area contributed by atoms with E-state index in [1.807, 2.05) is 19.1 Å². The van der Waals surface area contributed by atoms with E-state index in [0.29, 0.717) is 11.1 Å². The van der Waals surface area contributed by atoms with Gasteiger partial charge >= 0.3 is 0 Å². The molecule has 212 valence electrons. The fourth-order valence-electron chi connectivity index (χ4n) is 6.02. The third kappa shape index (κ3) is 4.73. The number of sulfone groups is 3. The molecular formula is C31H27ClO6S3. The molecule has 2 unspecified atom stereocenters. The Morgan fingerprint density at radius 3 is 1.46 bits per heavy atom. The van der Waals surface area contributed by atoms with Crippen molar-refractivity contribution < 1.29 is 25.3 Å². The first-order valence-electron chi connectivity index (χ1n) is 13.1. The zero-order valence-corrected chi connectivity index (χ0v) is 25.1. The molecule has 41 heavy (non-hydrogen) atoms. The van der Waals surface area contributed by atoms with E-state index in [1.165, 1.54) is 24.3 Å². The number of aryl methyl sites for hydroxylation is 1. The molecular weight excluding hydrogens is 600 g/mol. The van der Waals surface area contributed by atoms with Crippen molar-refractivity contribution in [2.75, 3.05) is 0 Å². The first kappa shape index (κ1) is 28.2. The first-order valence-corrected chi connectivity index (χ1v) is 18.2. The topological polar surface area (TPSA) is 102 Å². The maximum atomic E-state index is 14.5. The predicted molar refractivity (Wildman–Crippen MR) is 159 cm³/mol. The van der Waals surface area contributed by atoms with Crippen LogP contribution < -0.4 is 0 Å². The highest BCUT2D eigenvalue weighted by Crippen LogP contribution is 2.61. The Kier molecular flexibility index (Phi) is 6.92. The van der Waals surface area contributed by atoms with Crippen LogP contribution in [-0.2, 0) is 29.5 Å². The van der Waals surface area contributed by atoms with Gasteiger partial charge in [0.05, 0.1) is 30.8 Å². The van der Waals surface area contributed by atoms with Crippen LogP contribution in [0.5, 0.6) is 0 Å². The molecule has 0 aliphatic heterocycles. The molecule has 0 bridgehead atoms. The van der Waals surface area contributed by atoms with Gasteiger partial charge in [-0.2, -0.15) is 0 Å². The van der Waals surface area contributed by atoms with Gasteiger partial charge in [0.1, 0.15) is 0 Å². The average Bonchev–Trinajstić information content (AvgIpc) is 3.88. The number of hydrogen-bond acceptors (Lipinski definition) is 6. The Labute approximate surface area is 245 Å². The highest BCUT2D eigenvalue weighted by atomic mass is 35.5. The predicted octanol–water partition coefficient (Wildman–Crippen LogP) is 5.38. The lowest BCUT2D eigenvalue weighted by Crippen LogP contribution is -2.24. The summed E-state index contributed by atoms with van der Waals surface area (Å²) in [5.74, 6) is -1.77. The molecule has 4 aromatic rings. The molecule has 2 fully saturated rings. The van der Waals surface area contributed by atoms with E-state index in [9.17, 15) is 25.3 Å². The van der Waals surface area contributed by atoms with Gasteiger partial charge in [0, 0.05) is 16.9 Å². The molecule has 0 radical (unpaired) electrons. The van der Waals surface area contributed by atoms with Crippen molar-refractivity contribution in [1.29, 1.82) is 0 Å². The standard InChI is InChI=1S/C31H27ClO6S3/c1-20-16-18-21(19-17-20)26-28(39(33,34)22-10-4-2-5-11-22)29(26)41(37,38)31-27(24-14-8-9-15-25(24)32)30(31)40(35,36)23-12-6-3-7-13-23/h2-19,26-31H,1H3/t26-,27+,28?,29+,30?,31-/m0/s1. The van der Waals surface area contributed by atoms with Crippen LogP contribution in [0.2, 0.25) is 5.02 Å². The third-order valence-electron chi connectivity index (χ3n) is 8.13. The highest BCUT2D eigenvalue weighted by Gasteiger charge is 2.74. The lowest BCUT2D eigenvalue weighted by Gasteiger charge is -2.06. The number of hydrogen-bond donors (Lipinski definition) is 0. The second-order valence-corrected chi connectivity index (χ2v) is 17.5. The second kappa shape index (κ2) is 10.1. The summed E-state index contributed by atoms with van der Waals surface area (Å²) >= 11 is 6.47. The van der Waals surface area contributed by atoms with E-state index in [0.717, 1.165) is 5.56 Å². The van der Waals surface area contributed by atoms with Gasteiger partial charge in [-0.05, 0) is 48.4 Å². The summed E-state index contributed by atoms with van der Waals surface area (Å²) in [4.78, 5) is 0.0470. The molecule has 4 aromatic carbocycles. The van der Waals surface area contributed by atoms with Gasteiger partial charge in [-0.25, -0.2) is 25.3 Å². The van der Waals surface area contributed by atoms with E-state index < -0.39 is 62.3 Å². The third-order valence-corrected chi connectivity index (χ3v) is 16.0. The normalized spacial score (nSPS) is 25.9. The van der Waals surface area contributed by atoms with E-state index in [2.05, 4.69) is 0 Å². The molecule has 2 aliphatic rings. The second-order valence-electron chi connectivity index (χ2n) is 10.6. The van der Waals surface area contributed by atoms with Gasteiger partial charge in [-0.15, -0.1) is 0 Å². The molecule has 0 spiro atoms. The average molecular weight is 627 g/mol. The van der Waals surface area contributed by atoms with Gasteiger partial charge in [0.2, 0.25) is 0 Å². The number of benzene rings is 4. The largest absolute Gasteiger partial charge is 0.228 e. The summed E-state index contributed by atoms with van der Waals surface area (Å²) in [5.41, 5.74) is 1.96. The molecule has 6 nitrogen and oxygen atoms in total. The van der Waals surface area contributed by atoms with Crippen LogP contribution in [-0.4, -0.2) is 46.3 Å². The van der Waals surface area contributed by atoms with Gasteiger partial charge in [-0.1, -0.05) is 96.0 Å². The van der Waals surface area contributed by atoms with E-state index in [4.69, 9.17) is 11.6 Å². The van der Waals surface area contributed by atoms with E-state index in [1.54, 1.807) is 72.8 Å². The maximum absolute atomic E-state index is 14.5. The monoisotopic (exact) mass is 626 g/mol. The molecule has 0 heterocycles. The summed E-state index contributed by atoms with van der Waals surface area (Å²) in [6.45, 7) is 1.89. The number of halogens is 1. The molecule has 10 heteroatoms. The van der Waals surface area contributed by atoms with Crippen LogP contribution in [0.3, 0.4) is 0 Å². The summed E-state index contributed by atoms with van der Waals surface area (Å²) in [6.07, 6.45) is 0. The summed E-state index contributed by atoms with van der Waals surface area (Å²) < 4.78 is 84.4. The smallest absolute Gasteiger partial charge is 0.183 e. The first-order chi connectivity index (χ1) is 19.5. The van der Waals surface area contributed by atoms with Gasteiger partial charge in [0.25, 0.3) is 0 Å². The minimum atomic E-state index is -4.31. The number of rotatable bonds is 8. The molecule has 2 saturated carbocycles. The highest BCUT2D eigenvalue weighted by molar-refractivity contribution is 7.99. The van der Waals surface area contributed by atoms with Crippen LogP contribution in [0.25, 0.3) is 0 Å². The molecule has 0 N–H and O–H groups in total. The van der Waals surface area contributed by atoms with Crippen molar-refractivity contribution in [3.63, 3.8) is 0 Å². The summed E-state index contributed by atoms with van der Waals surface area (Å²) in [7, 11) is -12.5. The summed E-state index contributed by atoms with van der Waals surface area (Å²) in [6, 6.07) is 29.3. The quantitative estimate of drug-likeness (QED) is 0.260. The van der Waals surface area contributed by atoms with Crippen molar-refractivity contribution in [3.05, 3.63) is 131 Å². The summed E-state index contributed by atoms with van der Waals surface area (Å²) in [5, 5.41) is -4.93. The molecule has 0 amide bonds. The van der Waals surface area contributed by atoms with Crippen molar-refractivity contribution in [2.45, 2.75) is 49.6 Å². The van der Waals surface area contributed by atoms with E-state index in [-0.39, 0.29) is 14.8 Å². The molecule has 0 aromatic heterocycles. The van der Waals surface area contributed by atoms with Crippen molar-refractivity contribution in [2.24, 2.45) is 0 Å². The van der Waals surface area contributed by atoms with Gasteiger partial charge in [-0.3, -0.25) is 0 Å². The van der Waals surface area contributed by atoms with Crippen molar-refractivity contribution in [1.82, 2.24) is 0 Å². The zero-order valence-electron chi connectivity index (χ0n) is 21.9. The fraction of sp³-hybridized carbons (Fsp3) is 0.226. The van der Waals surface area contributed by atoms with Crippen LogP contribution in [0.4, 0.5) is 0 Å². The Morgan fingerprint density at radius 1 is 0.512 bits per heavy atom. The van der Waals surface area contributed by atoms with E-state index >= 15 is 0 Å². The molecule has 6 atom stereocenters. The molecule has 0 saturated heterocycles. The Balaban J connectivity index is 1.47. The van der Waals surface area contributed by atoms with Gasteiger partial charge < -0.3 is 0 Å². The van der Waals surface area contributed by atoms with Crippen LogP contribution in [0.1, 0.15) is 28.5 Å². The van der Waals surface area contributed by atoms with Crippen molar-refractivity contribution in [3.8, 4) is 0 Å². The minimum Gasteiger partial charge on any atom is -0.228 e. The lowest BCUT2D eigenvalue weighted by atomic mass is 10.1.